The summed E-state index contributed by atoms with van der Waals surface area (Å²) in [4.78, 5) is 1.81. The van der Waals surface area contributed by atoms with Crippen molar-refractivity contribution < 1.29 is 4.43 Å². The lowest BCUT2D eigenvalue weighted by Crippen LogP contribution is -2.43. The van der Waals surface area contributed by atoms with E-state index in [2.05, 4.69) is 55.7 Å². The first kappa shape index (κ1) is 16.7. The molecule has 0 aromatic carbocycles. The van der Waals surface area contributed by atoms with Crippen LogP contribution in [-0.4, -0.2) is 14.4 Å². The fraction of sp³-hybridized carbons (Fsp3) is 0.571. The molecule has 0 radical (unpaired) electrons. The summed E-state index contributed by atoms with van der Waals surface area (Å²) < 4.78 is 6.25. The zero-order valence-corrected chi connectivity index (χ0v) is 14.0. The van der Waals surface area contributed by atoms with Crippen molar-refractivity contribution in [2.75, 3.05) is 0 Å². The lowest BCUT2D eigenvalue weighted by Gasteiger charge is -2.38. The third kappa shape index (κ3) is 6.26. The molecular weight excluding hydrogens is 292 g/mol. The summed E-state index contributed by atoms with van der Waals surface area (Å²) in [6, 6.07) is 0. The highest BCUT2D eigenvalue weighted by molar-refractivity contribution is 9.11. The van der Waals surface area contributed by atoms with E-state index in [1.54, 1.807) is 0 Å². The maximum absolute atomic E-state index is 6.25. The molecule has 1 nitrogen and oxygen atoms in total. The zero-order chi connectivity index (χ0) is 13.5. The van der Waals surface area contributed by atoms with Gasteiger partial charge in [-0.15, -0.1) is 12.3 Å². The van der Waals surface area contributed by atoms with Crippen LogP contribution in [0.3, 0.4) is 0 Å². The minimum Gasteiger partial charge on any atom is -0.410 e. The van der Waals surface area contributed by atoms with E-state index in [0.717, 1.165) is 0 Å². The van der Waals surface area contributed by atoms with Crippen LogP contribution in [0.5, 0.6) is 0 Å². The molecule has 0 bridgehead atoms. The van der Waals surface area contributed by atoms with E-state index < -0.39 is 8.32 Å². The predicted molar refractivity (Wildman–Crippen MR) is 82.7 cm³/mol. The van der Waals surface area contributed by atoms with Gasteiger partial charge in [0.1, 0.15) is 0 Å². The first-order valence-electron chi connectivity index (χ1n) is 5.79. The SMILES string of the molecule is C#CC[C@H](/C=C/C=C/Br)O[Si](C)(C)C(C)(C)C. The largest absolute Gasteiger partial charge is 0.410 e. The van der Waals surface area contributed by atoms with Gasteiger partial charge in [0.05, 0.1) is 6.10 Å². The highest BCUT2D eigenvalue weighted by atomic mass is 79.9. The zero-order valence-electron chi connectivity index (χ0n) is 11.5. The Labute approximate surface area is 116 Å². The van der Waals surface area contributed by atoms with E-state index in [1.165, 1.54) is 0 Å². The molecule has 0 aromatic rings. The Hall–Kier alpha value is -0.303. The summed E-state index contributed by atoms with van der Waals surface area (Å²) in [6.07, 6.45) is 11.9. The van der Waals surface area contributed by atoms with Crippen molar-refractivity contribution in [3.8, 4) is 12.3 Å². The van der Waals surface area contributed by atoms with Gasteiger partial charge in [-0.25, -0.2) is 0 Å². The van der Waals surface area contributed by atoms with E-state index in [1.807, 2.05) is 23.2 Å². The smallest absolute Gasteiger partial charge is 0.192 e. The Morgan fingerprint density at radius 3 is 2.35 bits per heavy atom. The van der Waals surface area contributed by atoms with E-state index in [-0.39, 0.29) is 11.1 Å². The van der Waals surface area contributed by atoms with Gasteiger partial charge in [0.2, 0.25) is 0 Å². The molecule has 0 heterocycles. The molecule has 0 saturated carbocycles. The van der Waals surface area contributed by atoms with Crippen LogP contribution in [0.2, 0.25) is 18.1 Å². The standard InChI is InChI=1S/C14H23BrOSi/c1-7-10-13(11-8-9-12-15)16-17(5,6)14(2,3)4/h1,8-9,11-13H,10H2,2-6H3/b11-8+,12-9+/t13-/m1/s1. The number of hydrogen-bond acceptors (Lipinski definition) is 1. The summed E-state index contributed by atoms with van der Waals surface area (Å²) in [7, 11) is -1.75. The lowest BCUT2D eigenvalue weighted by molar-refractivity contribution is 0.230. The predicted octanol–water partition coefficient (Wildman–Crippen LogP) is 4.86. The third-order valence-corrected chi connectivity index (χ3v) is 7.89. The molecular formula is C14H23BrOSi. The summed E-state index contributed by atoms with van der Waals surface area (Å²) in [5.74, 6) is 2.68. The molecule has 0 aromatic heterocycles. The quantitative estimate of drug-likeness (QED) is 0.400. The Kier molecular flexibility index (Phi) is 7.07. The summed E-state index contributed by atoms with van der Waals surface area (Å²) in [6.45, 7) is 11.2. The molecule has 1 atom stereocenters. The van der Waals surface area contributed by atoms with Crippen LogP contribution in [0.25, 0.3) is 0 Å². The van der Waals surface area contributed by atoms with Gasteiger partial charge in [-0.1, -0.05) is 54.9 Å². The van der Waals surface area contributed by atoms with Gasteiger partial charge in [0.25, 0.3) is 0 Å². The topological polar surface area (TPSA) is 9.23 Å². The summed E-state index contributed by atoms with van der Waals surface area (Å²) in [5, 5.41) is 0.207. The van der Waals surface area contributed by atoms with Gasteiger partial charge < -0.3 is 4.43 Å². The van der Waals surface area contributed by atoms with E-state index in [0.29, 0.717) is 6.42 Å². The number of allylic oxidation sites excluding steroid dienone is 2. The molecule has 0 spiro atoms. The van der Waals surface area contributed by atoms with Crippen molar-refractivity contribution in [2.45, 2.75) is 51.4 Å². The van der Waals surface area contributed by atoms with Crippen LogP contribution in [0.1, 0.15) is 27.2 Å². The van der Waals surface area contributed by atoms with Crippen LogP contribution in [0.15, 0.2) is 23.2 Å². The van der Waals surface area contributed by atoms with E-state index in [9.17, 15) is 0 Å². The van der Waals surface area contributed by atoms with Crippen molar-refractivity contribution in [3.05, 3.63) is 23.2 Å². The molecule has 17 heavy (non-hydrogen) atoms. The number of rotatable bonds is 5. The third-order valence-electron chi connectivity index (χ3n) is 3.08. The summed E-state index contributed by atoms with van der Waals surface area (Å²) >= 11 is 3.23. The number of hydrogen-bond donors (Lipinski definition) is 0. The minimum absolute atomic E-state index is 0.0181. The molecule has 96 valence electrons. The van der Waals surface area contributed by atoms with Crippen molar-refractivity contribution in [2.24, 2.45) is 0 Å². The Bertz CT molecular complexity index is 318. The Balaban J connectivity index is 4.71. The average Bonchev–Trinajstić information content (AvgIpc) is 2.16. The summed E-state index contributed by atoms with van der Waals surface area (Å²) in [5.41, 5.74) is 0. The van der Waals surface area contributed by atoms with Crippen molar-refractivity contribution in [1.29, 1.82) is 0 Å². The molecule has 3 heteroatoms. The fourth-order valence-corrected chi connectivity index (χ4v) is 2.50. The van der Waals surface area contributed by atoms with Crippen LogP contribution in [0.4, 0.5) is 0 Å². The van der Waals surface area contributed by atoms with Crippen LogP contribution in [-0.2, 0) is 4.43 Å². The highest BCUT2D eigenvalue weighted by Gasteiger charge is 2.38. The van der Waals surface area contributed by atoms with Gasteiger partial charge in [-0.05, 0) is 23.1 Å². The lowest BCUT2D eigenvalue weighted by atomic mass is 10.2. The van der Waals surface area contributed by atoms with Crippen molar-refractivity contribution >= 4 is 24.2 Å². The molecule has 0 fully saturated rings. The maximum Gasteiger partial charge on any atom is 0.192 e. The molecule has 0 saturated heterocycles. The van der Waals surface area contributed by atoms with Gasteiger partial charge >= 0.3 is 0 Å². The van der Waals surface area contributed by atoms with Crippen molar-refractivity contribution in [1.82, 2.24) is 0 Å². The normalized spacial score (nSPS) is 15.4. The molecule has 0 aliphatic rings. The van der Waals surface area contributed by atoms with Crippen LogP contribution in [0, 0.1) is 12.3 Å². The second kappa shape index (κ2) is 7.20. The second-order valence-electron chi connectivity index (χ2n) is 5.53. The van der Waals surface area contributed by atoms with Crippen molar-refractivity contribution in [3.63, 3.8) is 0 Å². The molecule has 0 aliphatic carbocycles. The van der Waals surface area contributed by atoms with Gasteiger partial charge in [0.15, 0.2) is 8.32 Å². The van der Waals surface area contributed by atoms with E-state index in [4.69, 9.17) is 10.8 Å². The van der Waals surface area contributed by atoms with Gasteiger partial charge in [-0.2, -0.15) is 0 Å². The first-order valence-corrected chi connectivity index (χ1v) is 9.62. The van der Waals surface area contributed by atoms with Crippen LogP contribution >= 0.6 is 15.9 Å². The molecule has 0 amide bonds. The Morgan fingerprint density at radius 2 is 1.94 bits per heavy atom. The highest BCUT2D eigenvalue weighted by Crippen LogP contribution is 2.37. The molecule has 0 aliphatic heterocycles. The maximum atomic E-state index is 6.25. The van der Waals surface area contributed by atoms with E-state index >= 15 is 0 Å². The molecule has 0 unspecified atom stereocenters. The number of halogens is 1. The molecule has 0 N–H and O–H groups in total. The first-order chi connectivity index (χ1) is 7.74. The molecule has 0 rings (SSSR count). The Morgan fingerprint density at radius 1 is 1.35 bits per heavy atom. The fourth-order valence-electron chi connectivity index (χ4n) is 1.05. The number of terminal acetylenes is 1. The minimum atomic E-state index is -1.75. The second-order valence-corrected chi connectivity index (χ2v) is 10.8. The van der Waals surface area contributed by atoms with Crippen LogP contribution < -0.4 is 0 Å². The van der Waals surface area contributed by atoms with Gasteiger partial charge in [-0.3, -0.25) is 0 Å². The van der Waals surface area contributed by atoms with Gasteiger partial charge in [0, 0.05) is 6.42 Å². The average molecular weight is 315 g/mol. The monoisotopic (exact) mass is 314 g/mol.